The summed E-state index contributed by atoms with van der Waals surface area (Å²) in [7, 11) is 0. The Balaban J connectivity index is 2.73. The number of pyridine rings is 1. The predicted molar refractivity (Wildman–Crippen MR) is 53.3 cm³/mol. The number of nitrogens with two attached hydrogens (primary N) is 1. The molecular formula is C10H13N3. The van der Waals surface area contributed by atoms with Crippen LogP contribution in [0.25, 0.3) is 10.9 Å². The first-order chi connectivity index (χ1) is 6.36. The van der Waals surface area contributed by atoms with Crippen LogP contribution in [0, 0.1) is 0 Å². The Morgan fingerprint density at radius 2 is 2.38 bits per heavy atom. The van der Waals surface area contributed by atoms with Gasteiger partial charge in [-0.05, 0) is 19.1 Å². The average Bonchev–Trinajstić information content (AvgIpc) is 2.55. The maximum Gasteiger partial charge on any atom is 0.0513 e. The summed E-state index contributed by atoms with van der Waals surface area (Å²) < 4.78 is 2.22. The molecule has 0 unspecified atom stereocenters. The van der Waals surface area contributed by atoms with Crippen LogP contribution < -0.4 is 5.73 Å². The highest BCUT2D eigenvalue weighted by atomic mass is 15.0. The molecule has 0 saturated carbocycles. The molecule has 0 atom stereocenters. The van der Waals surface area contributed by atoms with Crippen molar-refractivity contribution in [3.63, 3.8) is 0 Å². The van der Waals surface area contributed by atoms with Crippen molar-refractivity contribution in [2.24, 2.45) is 5.73 Å². The van der Waals surface area contributed by atoms with Crippen molar-refractivity contribution in [2.75, 3.05) is 0 Å². The first-order valence-electron chi connectivity index (χ1n) is 4.49. The molecule has 0 radical (unpaired) electrons. The third-order valence-electron chi connectivity index (χ3n) is 2.31. The van der Waals surface area contributed by atoms with Gasteiger partial charge in [0.15, 0.2) is 0 Å². The number of aryl methyl sites for hydroxylation is 1. The van der Waals surface area contributed by atoms with Crippen molar-refractivity contribution in [1.29, 1.82) is 0 Å². The van der Waals surface area contributed by atoms with E-state index in [0.717, 1.165) is 6.54 Å². The monoisotopic (exact) mass is 175 g/mol. The Labute approximate surface area is 77.2 Å². The molecule has 0 aliphatic carbocycles. The Morgan fingerprint density at radius 1 is 1.54 bits per heavy atom. The second kappa shape index (κ2) is 3.18. The Morgan fingerprint density at radius 3 is 3.08 bits per heavy atom. The van der Waals surface area contributed by atoms with E-state index in [9.17, 15) is 0 Å². The fraction of sp³-hybridized carbons (Fsp3) is 0.300. The summed E-state index contributed by atoms with van der Waals surface area (Å²) in [4.78, 5) is 4.08. The van der Waals surface area contributed by atoms with E-state index in [4.69, 9.17) is 5.73 Å². The lowest BCUT2D eigenvalue weighted by atomic mass is 10.3. The zero-order valence-electron chi connectivity index (χ0n) is 7.70. The quantitative estimate of drug-likeness (QED) is 0.752. The number of fused-ring (bicyclic) bond motifs is 1. The standard InChI is InChI=1S/C10H13N3/c1-2-13-9(6-11)5-8-7-12-4-3-10(8)13/h3-5,7H,2,6,11H2,1H3. The summed E-state index contributed by atoms with van der Waals surface area (Å²) in [6, 6.07) is 4.13. The number of nitrogens with zero attached hydrogens (tertiary/aromatic N) is 2. The van der Waals surface area contributed by atoms with Gasteiger partial charge in [0.05, 0.1) is 5.52 Å². The highest BCUT2D eigenvalue weighted by Gasteiger charge is 2.04. The summed E-state index contributed by atoms with van der Waals surface area (Å²) in [5.41, 5.74) is 8.04. The molecule has 0 amide bonds. The Bertz CT molecular complexity index is 417. The van der Waals surface area contributed by atoms with Gasteiger partial charge >= 0.3 is 0 Å². The highest BCUT2D eigenvalue weighted by molar-refractivity contribution is 5.80. The Hall–Kier alpha value is -1.35. The van der Waals surface area contributed by atoms with Crippen LogP contribution in [0.3, 0.4) is 0 Å². The summed E-state index contributed by atoms with van der Waals surface area (Å²) in [5, 5.41) is 1.17. The molecule has 0 aromatic carbocycles. The number of rotatable bonds is 2. The molecule has 2 N–H and O–H groups in total. The third kappa shape index (κ3) is 1.21. The van der Waals surface area contributed by atoms with E-state index < -0.39 is 0 Å². The van der Waals surface area contributed by atoms with Crippen LogP contribution in [0.15, 0.2) is 24.5 Å². The molecule has 2 aromatic heterocycles. The highest BCUT2D eigenvalue weighted by Crippen LogP contribution is 2.17. The van der Waals surface area contributed by atoms with Crippen LogP contribution in [0.5, 0.6) is 0 Å². The molecule has 0 fully saturated rings. The molecule has 2 rings (SSSR count). The number of hydrogen-bond acceptors (Lipinski definition) is 2. The van der Waals surface area contributed by atoms with Gasteiger partial charge in [0.2, 0.25) is 0 Å². The molecule has 3 nitrogen and oxygen atoms in total. The zero-order chi connectivity index (χ0) is 9.26. The fourth-order valence-corrected chi connectivity index (χ4v) is 1.71. The molecule has 13 heavy (non-hydrogen) atoms. The van der Waals surface area contributed by atoms with E-state index in [-0.39, 0.29) is 0 Å². The number of aromatic nitrogens is 2. The van der Waals surface area contributed by atoms with Gasteiger partial charge in [-0.15, -0.1) is 0 Å². The maximum absolute atomic E-state index is 5.65. The lowest BCUT2D eigenvalue weighted by molar-refractivity contribution is 0.739. The van der Waals surface area contributed by atoms with Crippen molar-refractivity contribution in [3.8, 4) is 0 Å². The molecule has 3 heteroatoms. The van der Waals surface area contributed by atoms with Gasteiger partial charge in [-0.1, -0.05) is 0 Å². The largest absolute Gasteiger partial charge is 0.344 e. The van der Waals surface area contributed by atoms with Gasteiger partial charge in [0, 0.05) is 36.6 Å². The van der Waals surface area contributed by atoms with Gasteiger partial charge in [0.1, 0.15) is 0 Å². The lowest BCUT2D eigenvalue weighted by Gasteiger charge is -2.04. The van der Waals surface area contributed by atoms with E-state index >= 15 is 0 Å². The smallest absolute Gasteiger partial charge is 0.0513 e. The molecule has 68 valence electrons. The fourth-order valence-electron chi connectivity index (χ4n) is 1.71. The van der Waals surface area contributed by atoms with Crippen molar-refractivity contribution >= 4 is 10.9 Å². The molecule has 0 saturated heterocycles. The summed E-state index contributed by atoms with van der Waals surface area (Å²) in [5.74, 6) is 0. The van der Waals surface area contributed by atoms with Gasteiger partial charge in [-0.25, -0.2) is 0 Å². The van der Waals surface area contributed by atoms with Crippen molar-refractivity contribution in [3.05, 3.63) is 30.2 Å². The molecule has 0 spiro atoms. The molecular weight excluding hydrogens is 162 g/mol. The van der Waals surface area contributed by atoms with Crippen LogP contribution >= 0.6 is 0 Å². The predicted octanol–water partition coefficient (Wildman–Crippen LogP) is 1.51. The van der Waals surface area contributed by atoms with E-state index in [1.54, 1.807) is 0 Å². The molecule has 2 aromatic rings. The normalized spacial score (nSPS) is 10.9. The van der Waals surface area contributed by atoms with E-state index in [0.29, 0.717) is 6.54 Å². The Kier molecular flexibility index (Phi) is 2.02. The zero-order valence-corrected chi connectivity index (χ0v) is 7.70. The van der Waals surface area contributed by atoms with Crippen molar-refractivity contribution < 1.29 is 0 Å². The van der Waals surface area contributed by atoms with E-state index in [2.05, 4.69) is 22.5 Å². The number of hydrogen-bond donors (Lipinski definition) is 1. The van der Waals surface area contributed by atoms with Gasteiger partial charge < -0.3 is 10.3 Å². The molecule has 2 heterocycles. The molecule has 0 aliphatic rings. The second-order valence-corrected chi connectivity index (χ2v) is 3.02. The topological polar surface area (TPSA) is 43.8 Å². The average molecular weight is 175 g/mol. The van der Waals surface area contributed by atoms with Crippen LogP contribution in [-0.4, -0.2) is 9.55 Å². The molecule has 0 aliphatic heterocycles. The minimum Gasteiger partial charge on any atom is -0.344 e. The lowest BCUT2D eigenvalue weighted by Crippen LogP contribution is -2.05. The van der Waals surface area contributed by atoms with Crippen LogP contribution in [0.1, 0.15) is 12.6 Å². The SMILES string of the molecule is CCn1c(CN)cc2cnccc21. The first kappa shape index (κ1) is 8.26. The van der Waals surface area contributed by atoms with Crippen LogP contribution in [0.2, 0.25) is 0 Å². The van der Waals surface area contributed by atoms with E-state index in [1.807, 2.05) is 18.5 Å². The van der Waals surface area contributed by atoms with Crippen molar-refractivity contribution in [1.82, 2.24) is 9.55 Å². The van der Waals surface area contributed by atoms with Gasteiger partial charge in [-0.3, -0.25) is 4.98 Å². The second-order valence-electron chi connectivity index (χ2n) is 3.02. The minimum atomic E-state index is 0.586. The molecule has 0 bridgehead atoms. The van der Waals surface area contributed by atoms with Gasteiger partial charge in [-0.2, -0.15) is 0 Å². The first-order valence-corrected chi connectivity index (χ1v) is 4.49. The van der Waals surface area contributed by atoms with Gasteiger partial charge in [0.25, 0.3) is 0 Å². The summed E-state index contributed by atoms with van der Waals surface area (Å²) in [6.45, 7) is 3.67. The third-order valence-corrected chi connectivity index (χ3v) is 2.31. The minimum absolute atomic E-state index is 0.586. The maximum atomic E-state index is 5.65. The van der Waals surface area contributed by atoms with Crippen molar-refractivity contribution in [2.45, 2.75) is 20.0 Å². The van der Waals surface area contributed by atoms with E-state index in [1.165, 1.54) is 16.6 Å². The van der Waals surface area contributed by atoms with Crippen LogP contribution in [0.4, 0.5) is 0 Å². The van der Waals surface area contributed by atoms with Crippen LogP contribution in [-0.2, 0) is 13.1 Å². The summed E-state index contributed by atoms with van der Waals surface area (Å²) >= 11 is 0. The summed E-state index contributed by atoms with van der Waals surface area (Å²) in [6.07, 6.45) is 3.69.